The third kappa shape index (κ3) is 3.66. The molecular weight excluding hydrogens is 283 g/mol. The summed E-state index contributed by atoms with van der Waals surface area (Å²) in [6.45, 7) is 0.222. The Morgan fingerprint density at radius 3 is 2.38 bits per heavy atom. The van der Waals surface area contributed by atoms with E-state index in [1.807, 2.05) is 0 Å². The molecule has 21 heavy (non-hydrogen) atoms. The van der Waals surface area contributed by atoms with Gasteiger partial charge in [0.25, 0.3) is 0 Å². The van der Waals surface area contributed by atoms with E-state index < -0.39 is 6.36 Å². The normalized spacial score (nSPS) is 11.3. The summed E-state index contributed by atoms with van der Waals surface area (Å²) in [4.78, 5) is 0. The van der Waals surface area contributed by atoms with E-state index in [1.54, 1.807) is 30.3 Å². The summed E-state index contributed by atoms with van der Waals surface area (Å²) in [5.41, 5.74) is 7.25. The van der Waals surface area contributed by atoms with Gasteiger partial charge in [-0.3, -0.25) is 0 Å². The SMILES string of the molecule is COc1ccc(-c2ccccc2OC(F)(F)F)cc1CN. The number of nitrogens with two attached hydrogens (primary N) is 1. The van der Waals surface area contributed by atoms with Gasteiger partial charge in [0, 0.05) is 17.7 Å². The van der Waals surface area contributed by atoms with Crippen molar-refractivity contribution >= 4 is 0 Å². The van der Waals surface area contributed by atoms with Crippen LogP contribution in [0.15, 0.2) is 42.5 Å². The van der Waals surface area contributed by atoms with Gasteiger partial charge in [-0.2, -0.15) is 0 Å². The minimum atomic E-state index is -4.74. The van der Waals surface area contributed by atoms with Gasteiger partial charge >= 0.3 is 6.36 Å². The lowest BCUT2D eigenvalue weighted by Crippen LogP contribution is -2.17. The zero-order chi connectivity index (χ0) is 15.5. The minimum Gasteiger partial charge on any atom is -0.496 e. The summed E-state index contributed by atoms with van der Waals surface area (Å²) in [7, 11) is 1.51. The van der Waals surface area contributed by atoms with Gasteiger partial charge in [-0.05, 0) is 23.8 Å². The van der Waals surface area contributed by atoms with E-state index in [9.17, 15) is 13.2 Å². The zero-order valence-electron chi connectivity index (χ0n) is 11.3. The third-order valence-corrected chi connectivity index (χ3v) is 2.92. The fourth-order valence-corrected chi connectivity index (χ4v) is 2.02. The Kier molecular flexibility index (Phi) is 4.37. The van der Waals surface area contributed by atoms with Gasteiger partial charge in [0.15, 0.2) is 0 Å². The van der Waals surface area contributed by atoms with Crippen LogP contribution in [-0.4, -0.2) is 13.5 Å². The lowest BCUT2D eigenvalue weighted by molar-refractivity contribution is -0.274. The molecule has 0 unspecified atom stereocenters. The quantitative estimate of drug-likeness (QED) is 0.935. The van der Waals surface area contributed by atoms with Crippen LogP contribution in [0.3, 0.4) is 0 Å². The van der Waals surface area contributed by atoms with Crippen molar-refractivity contribution in [1.29, 1.82) is 0 Å². The Labute approximate surface area is 120 Å². The average molecular weight is 297 g/mol. The summed E-state index contributed by atoms with van der Waals surface area (Å²) in [5.74, 6) is 0.341. The highest BCUT2D eigenvalue weighted by Crippen LogP contribution is 2.35. The Balaban J connectivity index is 2.47. The maximum atomic E-state index is 12.4. The number of halogens is 3. The molecule has 2 N–H and O–H groups in total. The highest BCUT2D eigenvalue weighted by molar-refractivity contribution is 5.71. The number of ether oxygens (including phenoxy) is 2. The summed E-state index contributed by atoms with van der Waals surface area (Å²) in [6.07, 6.45) is -4.74. The first-order valence-corrected chi connectivity index (χ1v) is 6.16. The Morgan fingerprint density at radius 2 is 1.76 bits per heavy atom. The fraction of sp³-hybridized carbons (Fsp3) is 0.200. The molecule has 0 aliphatic carbocycles. The summed E-state index contributed by atoms with van der Waals surface area (Å²) in [5, 5.41) is 0. The molecule has 112 valence electrons. The third-order valence-electron chi connectivity index (χ3n) is 2.92. The second-order valence-corrected chi connectivity index (χ2v) is 4.27. The minimum absolute atomic E-state index is 0.222. The molecule has 0 spiro atoms. The van der Waals surface area contributed by atoms with Crippen molar-refractivity contribution in [3.05, 3.63) is 48.0 Å². The van der Waals surface area contributed by atoms with Crippen molar-refractivity contribution in [3.8, 4) is 22.6 Å². The molecule has 2 rings (SSSR count). The first-order valence-electron chi connectivity index (χ1n) is 6.16. The molecule has 0 radical (unpaired) electrons. The van der Waals surface area contributed by atoms with Crippen LogP contribution in [0.4, 0.5) is 13.2 Å². The van der Waals surface area contributed by atoms with E-state index in [-0.39, 0.29) is 12.3 Å². The second-order valence-electron chi connectivity index (χ2n) is 4.27. The van der Waals surface area contributed by atoms with Crippen LogP contribution in [0.2, 0.25) is 0 Å². The maximum absolute atomic E-state index is 12.4. The van der Waals surface area contributed by atoms with Crippen LogP contribution in [0, 0.1) is 0 Å². The molecule has 0 bridgehead atoms. The summed E-state index contributed by atoms with van der Waals surface area (Å²) < 4.78 is 46.5. The molecule has 0 saturated heterocycles. The largest absolute Gasteiger partial charge is 0.573 e. The number of benzene rings is 2. The molecule has 2 aromatic carbocycles. The van der Waals surface area contributed by atoms with E-state index in [1.165, 1.54) is 19.2 Å². The van der Waals surface area contributed by atoms with E-state index in [2.05, 4.69) is 4.74 Å². The lowest BCUT2D eigenvalue weighted by Gasteiger charge is -2.14. The molecule has 3 nitrogen and oxygen atoms in total. The Bertz CT molecular complexity index is 627. The highest BCUT2D eigenvalue weighted by Gasteiger charge is 2.32. The van der Waals surface area contributed by atoms with Gasteiger partial charge in [-0.15, -0.1) is 13.2 Å². The van der Waals surface area contributed by atoms with Crippen molar-refractivity contribution < 1.29 is 22.6 Å². The van der Waals surface area contributed by atoms with Gasteiger partial charge in [-0.1, -0.05) is 24.3 Å². The van der Waals surface area contributed by atoms with Gasteiger partial charge in [-0.25, -0.2) is 0 Å². The number of hydrogen-bond donors (Lipinski definition) is 1. The van der Waals surface area contributed by atoms with Crippen molar-refractivity contribution in [2.24, 2.45) is 5.73 Å². The van der Waals surface area contributed by atoms with Crippen LogP contribution in [0.5, 0.6) is 11.5 Å². The molecule has 0 aliphatic heterocycles. The molecule has 0 heterocycles. The van der Waals surface area contributed by atoms with Crippen LogP contribution >= 0.6 is 0 Å². The molecule has 0 fully saturated rings. The fourth-order valence-electron chi connectivity index (χ4n) is 2.02. The summed E-state index contributed by atoms with van der Waals surface area (Å²) >= 11 is 0. The van der Waals surface area contributed by atoms with Crippen LogP contribution in [0.1, 0.15) is 5.56 Å². The number of methoxy groups -OCH3 is 1. The van der Waals surface area contributed by atoms with Crippen molar-refractivity contribution in [3.63, 3.8) is 0 Å². The van der Waals surface area contributed by atoms with Gasteiger partial charge in [0.2, 0.25) is 0 Å². The standard InChI is InChI=1S/C15H14F3NO2/c1-20-13-7-6-10(8-11(13)9-19)12-4-2-3-5-14(12)21-15(16,17)18/h2-8H,9,19H2,1H3. The van der Waals surface area contributed by atoms with E-state index in [0.29, 0.717) is 22.4 Å². The molecule has 2 aromatic rings. The molecule has 0 aromatic heterocycles. The average Bonchev–Trinajstić information content (AvgIpc) is 2.45. The number of rotatable bonds is 4. The van der Waals surface area contributed by atoms with Crippen LogP contribution < -0.4 is 15.2 Å². The van der Waals surface area contributed by atoms with Crippen molar-refractivity contribution in [1.82, 2.24) is 0 Å². The first kappa shape index (κ1) is 15.2. The topological polar surface area (TPSA) is 44.5 Å². The van der Waals surface area contributed by atoms with Gasteiger partial charge in [0.05, 0.1) is 7.11 Å². The predicted octanol–water partition coefficient (Wildman–Crippen LogP) is 3.72. The Morgan fingerprint density at radius 1 is 1.05 bits per heavy atom. The number of alkyl halides is 3. The van der Waals surface area contributed by atoms with Crippen molar-refractivity contribution in [2.75, 3.05) is 7.11 Å². The molecule has 0 atom stereocenters. The van der Waals surface area contributed by atoms with Gasteiger partial charge < -0.3 is 15.2 Å². The molecule has 0 saturated carbocycles. The maximum Gasteiger partial charge on any atom is 0.573 e. The van der Waals surface area contributed by atoms with E-state index in [0.717, 1.165) is 0 Å². The highest BCUT2D eigenvalue weighted by atomic mass is 19.4. The van der Waals surface area contributed by atoms with Crippen LogP contribution in [-0.2, 0) is 6.54 Å². The monoisotopic (exact) mass is 297 g/mol. The molecule has 0 aliphatic rings. The molecule has 0 amide bonds. The Hall–Kier alpha value is -2.21. The first-order chi connectivity index (χ1) is 9.94. The second kappa shape index (κ2) is 6.05. The molecule has 6 heteroatoms. The predicted molar refractivity (Wildman–Crippen MR) is 73.0 cm³/mol. The lowest BCUT2D eigenvalue weighted by atomic mass is 10.0. The van der Waals surface area contributed by atoms with Crippen LogP contribution in [0.25, 0.3) is 11.1 Å². The zero-order valence-corrected chi connectivity index (χ0v) is 11.3. The molecular formula is C15H14F3NO2. The van der Waals surface area contributed by atoms with Crippen molar-refractivity contribution in [2.45, 2.75) is 12.9 Å². The summed E-state index contributed by atoms with van der Waals surface area (Å²) in [6, 6.07) is 11.0. The van der Waals surface area contributed by atoms with Gasteiger partial charge in [0.1, 0.15) is 11.5 Å². The van der Waals surface area contributed by atoms with E-state index >= 15 is 0 Å². The number of para-hydroxylation sites is 1. The van der Waals surface area contributed by atoms with E-state index in [4.69, 9.17) is 10.5 Å². The smallest absolute Gasteiger partial charge is 0.496 e. The number of hydrogen-bond acceptors (Lipinski definition) is 3.